The number of rotatable bonds is 4. The van der Waals surface area contributed by atoms with Crippen LogP contribution in [0.25, 0.3) is 0 Å². The minimum atomic E-state index is -0.0598. The predicted octanol–water partition coefficient (Wildman–Crippen LogP) is 1.87. The van der Waals surface area contributed by atoms with E-state index in [1.165, 1.54) is 0 Å². The van der Waals surface area contributed by atoms with Crippen LogP contribution in [0.3, 0.4) is 0 Å². The zero-order valence-electron chi connectivity index (χ0n) is 11.0. The molecule has 1 spiro atoms. The van der Waals surface area contributed by atoms with Crippen molar-refractivity contribution in [1.82, 2.24) is 10.2 Å². The van der Waals surface area contributed by atoms with Gasteiger partial charge in [0.05, 0.1) is 24.9 Å². The molecule has 2 aliphatic rings. The molecule has 104 valence electrons. The van der Waals surface area contributed by atoms with E-state index in [0.717, 1.165) is 37.5 Å². The van der Waals surface area contributed by atoms with Gasteiger partial charge in [0.25, 0.3) is 0 Å². The molecule has 0 unspecified atom stereocenters. The van der Waals surface area contributed by atoms with E-state index in [0.29, 0.717) is 13.2 Å². The summed E-state index contributed by atoms with van der Waals surface area (Å²) in [6.07, 6.45) is 5.20. The molecule has 2 atom stereocenters. The molecule has 3 heterocycles. The molecule has 19 heavy (non-hydrogen) atoms. The Hall–Kier alpha value is -0.980. The first-order valence-corrected chi connectivity index (χ1v) is 7.57. The second-order valence-corrected chi connectivity index (χ2v) is 6.00. The number of hydrogen-bond acceptors (Lipinski definition) is 6. The number of aromatic nitrogens is 2. The predicted molar refractivity (Wildman–Crippen MR) is 74.6 cm³/mol. The molecule has 0 bridgehead atoms. The lowest BCUT2D eigenvalue weighted by atomic mass is 9.89. The molecule has 3 rings (SSSR count). The van der Waals surface area contributed by atoms with Crippen LogP contribution >= 0.6 is 11.3 Å². The van der Waals surface area contributed by atoms with E-state index < -0.39 is 0 Å². The van der Waals surface area contributed by atoms with Crippen LogP contribution in [0.4, 0.5) is 5.13 Å². The summed E-state index contributed by atoms with van der Waals surface area (Å²) in [4.78, 5) is 2.29. The lowest BCUT2D eigenvalue weighted by molar-refractivity contribution is -0.0111. The van der Waals surface area contributed by atoms with Gasteiger partial charge in [0.1, 0.15) is 5.51 Å². The van der Waals surface area contributed by atoms with Crippen molar-refractivity contribution in [2.24, 2.45) is 0 Å². The lowest BCUT2D eigenvalue weighted by Gasteiger charge is -2.39. The molecule has 6 heteroatoms. The van der Waals surface area contributed by atoms with Crippen molar-refractivity contribution in [3.8, 4) is 0 Å². The second kappa shape index (κ2) is 5.56. The van der Waals surface area contributed by atoms with Crippen LogP contribution in [0, 0.1) is 0 Å². The van der Waals surface area contributed by atoms with E-state index in [1.54, 1.807) is 22.9 Å². The van der Waals surface area contributed by atoms with Crippen LogP contribution < -0.4 is 4.90 Å². The maximum Gasteiger partial charge on any atom is 0.208 e. The van der Waals surface area contributed by atoms with Crippen molar-refractivity contribution in [2.75, 3.05) is 31.2 Å². The summed E-state index contributed by atoms with van der Waals surface area (Å²) in [5.41, 5.74) is 1.72. The van der Waals surface area contributed by atoms with Gasteiger partial charge < -0.3 is 14.4 Å². The lowest BCUT2D eigenvalue weighted by Crippen LogP contribution is -2.48. The Morgan fingerprint density at radius 3 is 3.42 bits per heavy atom. The van der Waals surface area contributed by atoms with Gasteiger partial charge in [-0.05, 0) is 12.8 Å². The fourth-order valence-corrected chi connectivity index (χ4v) is 3.55. The van der Waals surface area contributed by atoms with Gasteiger partial charge in [0.15, 0.2) is 0 Å². The van der Waals surface area contributed by atoms with Gasteiger partial charge >= 0.3 is 0 Å². The first-order chi connectivity index (χ1) is 9.31. The van der Waals surface area contributed by atoms with Crippen LogP contribution in [0.5, 0.6) is 0 Å². The summed E-state index contributed by atoms with van der Waals surface area (Å²) < 4.78 is 11.8. The third kappa shape index (κ3) is 2.80. The maximum absolute atomic E-state index is 6.07. The fraction of sp³-hybridized carbons (Fsp3) is 0.692. The van der Waals surface area contributed by atoms with Crippen LogP contribution in [0.15, 0.2) is 18.2 Å². The summed E-state index contributed by atoms with van der Waals surface area (Å²) in [6.45, 7) is 6.92. The molecule has 0 aromatic carbocycles. The van der Waals surface area contributed by atoms with E-state index in [-0.39, 0.29) is 11.7 Å². The monoisotopic (exact) mass is 281 g/mol. The van der Waals surface area contributed by atoms with Gasteiger partial charge in [0.2, 0.25) is 5.13 Å². The van der Waals surface area contributed by atoms with Crippen molar-refractivity contribution in [3.63, 3.8) is 0 Å². The number of ether oxygens (including phenoxy) is 2. The van der Waals surface area contributed by atoms with Gasteiger partial charge in [-0.3, -0.25) is 0 Å². The minimum Gasteiger partial charge on any atom is -0.372 e. The number of anilines is 1. The molecule has 0 saturated carbocycles. The van der Waals surface area contributed by atoms with Gasteiger partial charge in [-0.1, -0.05) is 17.4 Å². The Morgan fingerprint density at radius 1 is 1.68 bits per heavy atom. The minimum absolute atomic E-state index is 0.0598. The van der Waals surface area contributed by atoms with Gasteiger partial charge in [-0.2, -0.15) is 0 Å². The van der Waals surface area contributed by atoms with Gasteiger partial charge in [0, 0.05) is 19.5 Å². The quantitative estimate of drug-likeness (QED) is 0.789. The zero-order chi connectivity index (χ0) is 13.1. The molecule has 2 fully saturated rings. The van der Waals surface area contributed by atoms with E-state index in [4.69, 9.17) is 9.47 Å². The molecular weight excluding hydrogens is 262 g/mol. The number of hydrogen-bond donors (Lipinski definition) is 0. The Labute approximate surface area is 117 Å². The van der Waals surface area contributed by atoms with E-state index in [1.807, 2.05) is 0 Å². The van der Waals surface area contributed by atoms with Crippen molar-refractivity contribution in [2.45, 2.75) is 31.0 Å². The largest absolute Gasteiger partial charge is 0.372 e. The molecular formula is C13H19N3O2S. The van der Waals surface area contributed by atoms with Crippen molar-refractivity contribution < 1.29 is 9.47 Å². The molecule has 1 aromatic heterocycles. The molecule has 2 aliphatic heterocycles. The standard InChI is InChI=1S/C13H19N3O2S/c1-2-6-17-11-7-13(18-8-11)4-3-5-16(9-13)12-15-14-10-19-12/h2,10-11H,1,3-9H2/t11-,13-/m0/s1. The third-order valence-electron chi connectivity index (χ3n) is 3.78. The van der Waals surface area contributed by atoms with Crippen molar-refractivity contribution >= 4 is 16.5 Å². The maximum atomic E-state index is 6.07. The highest BCUT2D eigenvalue weighted by molar-refractivity contribution is 7.13. The molecule has 0 aliphatic carbocycles. The highest BCUT2D eigenvalue weighted by Gasteiger charge is 2.44. The fourth-order valence-electron chi connectivity index (χ4n) is 2.96. The first-order valence-electron chi connectivity index (χ1n) is 6.69. The van der Waals surface area contributed by atoms with Crippen LogP contribution in [-0.4, -0.2) is 48.2 Å². The average molecular weight is 281 g/mol. The van der Waals surface area contributed by atoms with Crippen LogP contribution in [0.1, 0.15) is 19.3 Å². The highest BCUT2D eigenvalue weighted by Crippen LogP contribution is 2.37. The molecule has 0 radical (unpaired) electrons. The van der Waals surface area contributed by atoms with Gasteiger partial charge in [-0.25, -0.2) is 0 Å². The molecule has 0 amide bonds. The van der Waals surface area contributed by atoms with E-state index in [9.17, 15) is 0 Å². The summed E-state index contributed by atoms with van der Waals surface area (Å²) in [7, 11) is 0. The van der Waals surface area contributed by atoms with E-state index in [2.05, 4.69) is 21.7 Å². The number of nitrogens with zero attached hydrogens (tertiary/aromatic N) is 3. The van der Waals surface area contributed by atoms with Crippen LogP contribution in [-0.2, 0) is 9.47 Å². The molecule has 0 N–H and O–H groups in total. The Kier molecular flexibility index (Phi) is 3.81. The van der Waals surface area contributed by atoms with Crippen LogP contribution in [0.2, 0.25) is 0 Å². The SMILES string of the molecule is C=CCO[C@@H]1CO[C@@]2(CCCN(c3nncs3)C2)C1. The molecule has 1 aromatic rings. The summed E-state index contributed by atoms with van der Waals surface area (Å²) in [5.74, 6) is 0. The Balaban J connectivity index is 1.63. The Morgan fingerprint density at radius 2 is 2.63 bits per heavy atom. The van der Waals surface area contributed by atoms with Crippen molar-refractivity contribution in [3.05, 3.63) is 18.2 Å². The third-order valence-corrected chi connectivity index (χ3v) is 4.53. The summed E-state index contributed by atoms with van der Waals surface area (Å²) in [6, 6.07) is 0. The number of piperidine rings is 1. The van der Waals surface area contributed by atoms with E-state index >= 15 is 0 Å². The Bertz CT molecular complexity index is 426. The highest BCUT2D eigenvalue weighted by atomic mass is 32.1. The normalized spacial score (nSPS) is 30.9. The zero-order valence-corrected chi connectivity index (χ0v) is 11.8. The first kappa shape index (κ1) is 13.0. The summed E-state index contributed by atoms with van der Waals surface area (Å²) >= 11 is 1.59. The van der Waals surface area contributed by atoms with Crippen molar-refractivity contribution in [1.29, 1.82) is 0 Å². The average Bonchev–Trinajstić information content (AvgIpc) is 3.07. The molecule has 2 saturated heterocycles. The summed E-state index contributed by atoms with van der Waals surface area (Å²) in [5, 5.41) is 9.07. The smallest absolute Gasteiger partial charge is 0.208 e. The molecule has 5 nitrogen and oxygen atoms in total. The topological polar surface area (TPSA) is 47.5 Å². The second-order valence-electron chi connectivity index (χ2n) is 5.19. The van der Waals surface area contributed by atoms with Gasteiger partial charge in [-0.15, -0.1) is 16.8 Å².